The Labute approximate surface area is 209 Å². The van der Waals surface area contributed by atoms with Crippen molar-refractivity contribution in [3.8, 4) is 11.5 Å². The number of hydrogen-bond acceptors (Lipinski definition) is 8. The molecule has 36 heavy (non-hydrogen) atoms. The number of ether oxygens (including phenoxy) is 3. The zero-order chi connectivity index (χ0) is 25.9. The molecular formula is C25H27N3O7S. The number of carbonyl (C=O) groups excluding carboxylic acids is 2. The average Bonchev–Trinajstić information content (AvgIpc) is 3.35. The highest BCUT2D eigenvalue weighted by Gasteiger charge is 2.37. The molecule has 190 valence electrons. The van der Waals surface area contributed by atoms with E-state index in [0.717, 1.165) is 11.1 Å². The molecular weight excluding hydrogens is 486 g/mol. The molecule has 0 saturated carbocycles. The Hall–Kier alpha value is -3.70. The lowest BCUT2D eigenvalue weighted by atomic mass is 9.95. The summed E-state index contributed by atoms with van der Waals surface area (Å²) < 4.78 is 45.3. The standard InChI is InChI=1S/C25H27N3O7S/c1-33-19-8-4-17(5-9-19)15-27(16-18-6-10-20(34-2)11-7-18)36(31,32)23-14-22-24(29)21(25(30)35-3)12-13-28(22)26-23/h4-11,14,21H,12-13,15-16H2,1-3H3. The monoisotopic (exact) mass is 513 g/mol. The number of methoxy groups -OCH3 is 3. The largest absolute Gasteiger partial charge is 0.497 e. The van der Waals surface area contributed by atoms with Gasteiger partial charge in [0.15, 0.2) is 10.8 Å². The van der Waals surface area contributed by atoms with Crippen molar-refractivity contribution < 1.29 is 32.2 Å². The molecule has 0 bridgehead atoms. The molecule has 0 saturated heterocycles. The third kappa shape index (κ3) is 5.12. The fraction of sp³-hybridized carbons (Fsp3) is 0.320. The fourth-order valence-electron chi connectivity index (χ4n) is 4.04. The van der Waals surface area contributed by atoms with Crippen molar-refractivity contribution >= 4 is 21.8 Å². The van der Waals surface area contributed by atoms with Crippen LogP contribution in [-0.4, -0.2) is 55.6 Å². The molecule has 1 aromatic heterocycles. The molecule has 2 aromatic carbocycles. The first-order chi connectivity index (χ1) is 17.3. The van der Waals surface area contributed by atoms with Crippen LogP contribution in [0.4, 0.5) is 0 Å². The molecule has 1 aliphatic heterocycles. The van der Waals surface area contributed by atoms with Crippen LogP contribution in [-0.2, 0) is 39.2 Å². The number of hydrogen-bond donors (Lipinski definition) is 0. The quantitative estimate of drug-likeness (QED) is 0.317. The fourth-order valence-corrected chi connectivity index (χ4v) is 5.41. The van der Waals surface area contributed by atoms with Crippen LogP contribution in [0.3, 0.4) is 0 Å². The maximum atomic E-state index is 13.8. The van der Waals surface area contributed by atoms with Crippen molar-refractivity contribution in [2.45, 2.75) is 31.1 Å². The first-order valence-electron chi connectivity index (χ1n) is 11.2. The van der Waals surface area contributed by atoms with Crippen LogP contribution in [0.15, 0.2) is 59.6 Å². The minimum Gasteiger partial charge on any atom is -0.497 e. The number of nitrogens with zero attached hydrogens (tertiary/aromatic N) is 3. The number of Topliss-reactive ketones (excluding diaryl/α,β-unsaturated/α-hetero) is 1. The van der Waals surface area contributed by atoms with Crippen molar-refractivity contribution in [3.63, 3.8) is 0 Å². The van der Waals surface area contributed by atoms with Gasteiger partial charge in [0.1, 0.15) is 23.1 Å². The Balaban J connectivity index is 1.68. The molecule has 0 amide bonds. The van der Waals surface area contributed by atoms with Gasteiger partial charge in [-0.1, -0.05) is 24.3 Å². The Bertz CT molecular complexity index is 1300. The minimum absolute atomic E-state index is 0.0687. The van der Waals surface area contributed by atoms with Crippen molar-refractivity contribution in [2.75, 3.05) is 21.3 Å². The van der Waals surface area contributed by atoms with Gasteiger partial charge in [-0.15, -0.1) is 0 Å². The van der Waals surface area contributed by atoms with Crippen LogP contribution in [0.1, 0.15) is 28.0 Å². The van der Waals surface area contributed by atoms with E-state index in [1.54, 1.807) is 62.8 Å². The molecule has 0 N–H and O–H groups in total. The van der Waals surface area contributed by atoms with Gasteiger partial charge < -0.3 is 14.2 Å². The van der Waals surface area contributed by atoms with Crippen LogP contribution < -0.4 is 9.47 Å². The van der Waals surface area contributed by atoms with Crippen molar-refractivity contribution in [1.82, 2.24) is 14.1 Å². The first kappa shape index (κ1) is 25.4. The topological polar surface area (TPSA) is 117 Å². The first-order valence-corrected chi connectivity index (χ1v) is 12.7. The smallest absolute Gasteiger partial charge is 0.316 e. The van der Waals surface area contributed by atoms with E-state index in [1.807, 2.05) is 0 Å². The van der Waals surface area contributed by atoms with E-state index >= 15 is 0 Å². The normalized spacial score (nSPS) is 15.4. The number of aromatic nitrogens is 2. The zero-order valence-corrected chi connectivity index (χ0v) is 21.0. The molecule has 1 aliphatic rings. The second kappa shape index (κ2) is 10.5. The molecule has 10 nitrogen and oxygen atoms in total. The van der Waals surface area contributed by atoms with Gasteiger partial charge in [0, 0.05) is 25.7 Å². The molecule has 4 rings (SSSR count). The molecule has 1 atom stereocenters. The lowest BCUT2D eigenvalue weighted by Gasteiger charge is -2.21. The molecule has 3 aromatic rings. The van der Waals surface area contributed by atoms with Gasteiger partial charge in [-0.25, -0.2) is 8.42 Å². The molecule has 1 unspecified atom stereocenters. The van der Waals surface area contributed by atoms with E-state index in [1.165, 1.54) is 22.2 Å². The summed E-state index contributed by atoms with van der Waals surface area (Å²) in [5.74, 6) is -0.798. The molecule has 0 radical (unpaired) electrons. The average molecular weight is 514 g/mol. The van der Waals surface area contributed by atoms with Gasteiger partial charge in [-0.05, 0) is 41.8 Å². The third-order valence-corrected chi connectivity index (χ3v) is 7.75. The summed E-state index contributed by atoms with van der Waals surface area (Å²) in [5.41, 5.74) is 1.57. The summed E-state index contributed by atoms with van der Waals surface area (Å²) in [4.78, 5) is 24.8. The molecule has 0 aliphatic carbocycles. The zero-order valence-electron chi connectivity index (χ0n) is 20.2. The van der Waals surface area contributed by atoms with Crippen LogP contribution in [0.5, 0.6) is 11.5 Å². The summed E-state index contributed by atoms with van der Waals surface area (Å²) in [6, 6.07) is 15.4. The van der Waals surface area contributed by atoms with Crippen molar-refractivity contribution in [3.05, 3.63) is 71.4 Å². The maximum absolute atomic E-state index is 13.8. The van der Waals surface area contributed by atoms with Crippen LogP contribution in [0.25, 0.3) is 0 Å². The summed E-state index contributed by atoms with van der Waals surface area (Å²) in [6.45, 7) is 0.367. The lowest BCUT2D eigenvalue weighted by Crippen LogP contribution is -2.33. The Kier molecular flexibility index (Phi) is 7.41. The van der Waals surface area contributed by atoms with Gasteiger partial charge in [-0.3, -0.25) is 14.3 Å². The third-order valence-electron chi connectivity index (χ3n) is 6.08. The number of fused-ring (bicyclic) bond motifs is 1. The van der Waals surface area contributed by atoms with E-state index in [4.69, 9.17) is 14.2 Å². The van der Waals surface area contributed by atoms with E-state index < -0.39 is 27.7 Å². The summed E-state index contributed by atoms with van der Waals surface area (Å²) in [6.07, 6.45) is 0.196. The van der Waals surface area contributed by atoms with Gasteiger partial charge in [0.05, 0.1) is 21.3 Å². The predicted octanol–water partition coefficient (Wildman–Crippen LogP) is 2.67. The number of ketones is 1. The molecule has 2 heterocycles. The lowest BCUT2D eigenvalue weighted by molar-refractivity contribution is -0.144. The second-order valence-electron chi connectivity index (χ2n) is 8.29. The highest BCUT2D eigenvalue weighted by Crippen LogP contribution is 2.27. The van der Waals surface area contributed by atoms with E-state index in [0.29, 0.717) is 11.5 Å². The number of sulfonamides is 1. The Morgan fingerprint density at radius 3 is 1.97 bits per heavy atom. The van der Waals surface area contributed by atoms with E-state index in [2.05, 4.69) is 5.10 Å². The van der Waals surface area contributed by atoms with Crippen molar-refractivity contribution in [1.29, 1.82) is 0 Å². The molecule has 0 spiro atoms. The molecule has 11 heteroatoms. The number of esters is 1. The summed E-state index contributed by atoms with van der Waals surface area (Å²) in [7, 11) is 0.212. The molecule has 0 fully saturated rings. The number of rotatable bonds is 9. The summed E-state index contributed by atoms with van der Waals surface area (Å²) in [5, 5.41) is 3.97. The summed E-state index contributed by atoms with van der Waals surface area (Å²) >= 11 is 0. The van der Waals surface area contributed by atoms with Crippen LogP contribution in [0.2, 0.25) is 0 Å². The number of carbonyl (C=O) groups is 2. The number of benzene rings is 2. The van der Waals surface area contributed by atoms with Gasteiger partial charge in [-0.2, -0.15) is 9.40 Å². The predicted molar refractivity (Wildman–Crippen MR) is 129 cm³/mol. The highest BCUT2D eigenvalue weighted by molar-refractivity contribution is 7.89. The maximum Gasteiger partial charge on any atom is 0.316 e. The van der Waals surface area contributed by atoms with Gasteiger partial charge >= 0.3 is 5.97 Å². The minimum atomic E-state index is -4.12. The highest BCUT2D eigenvalue weighted by atomic mass is 32.2. The van der Waals surface area contributed by atoms with E-state index in [9.17, 15) is 18.0 Å². The van der Waals surface area contributed by atoms with Crippen LogP contribution in [0, 0.1) is 5.92 Å². The van der Waals surface area contributed by atoms with Crippen molar-refractivity contribution in [2.24, 2.45) is 5.92 Å². The van der Waals surface area contributed by atoms with Gasteiger partial charge in [0.25, 0.3) is 10.0 Å². The SMILES string of the molecule is COC(=O)C1CCn2nc(S(=O)(=O)N(Cc3ccc(OC)cc3)Cc3ccc(OC)cc3)cc2C1=O. The Morgan fingerprint density at radius 1 is 0.972 bits per heavy atom. The number of aryl methyl sites for hydroxylation is 1. The van der Waals surface area contributed by atoms with E-state index in [-0.39, 0.29) is 36.8 Å². The second-order valence-corrected chi connectivity index (χ2v) is 10.2. The van der Waals surface area contributed by atoms with Crippen LogP contribution >= 0.6 is 0 Å². The Morgan fingerprint density at radius 2 is 1.50 bits per heavy atom. The van der Waals surface area contributed by atoms with Gasteiger partial charge in [0.2, 0.25) is 0 Å².